The molecule has 0 spiro atoms. The van der Waals surface area contributed by atoms with Crippen molar-refractivity contribution in [2.45, 2.75) is 38.6 Å². The van der Waals surface area contributed by atoms with Crippen molar-refractivity contribution in [3.05, 3.63) is 40.2 Å². The van der Waals surface area contributed by atoms with Crippen LogP contribution in [0.5, 0.6) is 5.75 Å². The van der Waals surface area contributed by atoms with Crippen molar-refractivity contribution in [2.75, 3.05) is 7.11 Å². The number of nitrogens with one attached hydrogen (secondary N) is 1. The summed E-state index contributed by atoms with van der Waals surface area (Å²) in [6, 6.07) is 6.83. The molecule has 1 heterocycles. The molecule has 0 bridgehead atoms. The molecule has 1 fully saturated rings. The minimum Gasteiger partial charge on any atom is -0.497 e. The number of amides is 1. The van der Waals surface area contributed by atoms with Crippen molar-refractivity contribution in [3.8, 4) is 5.75 Å². The van der Waals surface area contributed by atoms with E-state index in [0.717, 1.165) is 19.3 Å². The fourth-order valence-corrected chi connectivity index (χ4v) is 3.16. The summed E-state index contributed by atoms with van der Waals surface area (Å²) in [5, 5.41) is 3.66. The average molecular weight is 315 g/mol. The summed E-state index contributed by atoms with van der Waals surface area (Å²) < 4.78 is 10.4. The number of ether oxygens (including phenoxy) is 1. The number of benzene rings is 1. The minimum absolute atomic E-state index is 0.0449. The molecule has 1 N–H and O–H groups in total. The first kappa shape index (κ1) is 15.6. The van der Waals surface area contributed by atoms with Crippen LogP contribution in [-0.2, 0) is 0 Å². The third-order valence-corrected chi connectivity index (χ3v) is 4.61. The molecule has 1 amide bonds. The lowest BCUT2D eigenvalue weighted by molar-refractivity contribution is 0.0906. The number of hydrogen-bond donors (Lipinski definition) is 1. The Hall–Kier alpha value is -2.30. The SMILES string of the molecule is COc1ccc2oc(=O)c(C(=O)N[C@@H]3CCCC[C@@H]3C)cc2c1. The largest absolute Gasteiger partial charge is 0.497 e. The Kier molecular flexibility index (Phi) is 4.37. The van der Waals surface area contributed by atoms with E-state index in [9.17, 15) is 9.59 Å². The van der Waals surface area contributed by atoms with Gasteiger partial charge in [0.25, 0.3) is 5.91 Å². The van der Waals surface area contributed by atoms with Crippen LogP contribution in [0.3, 0.4) is 0 Å². The second-order valence-electron chi connectivity index (χ2n) is 6.19. The standard InChI is InChI=1S/C18H21NO4/c1-11-5-3-4-6-15(11)19-17(20)14-10-12-9-13(22-2)7-8-16(12)23-18(14)21/h7-11,15H,3-6H2,1-2H3,(H,19,20)/t11-,15+/m0/s1. The number of carbonyl (C=O) groups excluding carboxylic acids is 1. The Morgan fingerprint density at radius 3 is 2.78 bits per heavy atom. The third-order valence-electron chi connectivity index (χ3n) is 4.61. The molecule has 0 saturated heterocycles. The predicted octanol–water partition coefficient (Wildman–Crippen LogP) is 3.11. The van der Waals surface area contributed by atoms with Crippen LogP contribution in [0.1, 0.15) is 43.0 Å². The lowest BCUT2D eigenvalue weighted by Crippen LogP contribution is -2.42. The molecular formula is C18H21NO4. The zero-order chi connectivity index (χ0) is 16.4. The summed E-state index contributed by atoms with van der Waals surface area (Å²) in [5.74, 6) is 0.723. The molecule has 5 nitrogen and oxygen atoms in total. The number of hydrogen-bond acceptors (Lipinski definition) is 4. The van der Waals surface area contributed by atoms with Gasteiger partial charge in [0.05, 0.1) is 7.11 Å². The lowest BCUT2D eigenvalue weighted by atomic mass is 9.86. The highest BCUT2D eigenvalue weighted by atomic mass is 16.5. The van der Waals surface area contributed by atoms with E-state index in [1.54, 1.807) is 31.4 Å². The minimum atomic E-state index is -0.608. The Bertz CT molecular complexity index is 780. The molecule has 0 aliphatic heterocycles. The normalized spacial score (nSPS) is 21.1. The van der Waals surface area contributed by atoms with Gasteiger partial charge in [0.2, 0.25) is 0 Å². The average Bonchev–Trinajstić information content (AvgIpc) is 2.55. The smallest absolute Gasteiger partial charge is 0.349 e. The molecule has 1 aromatic heterocycles. The van der Waals surface area contributed by atoms with Crippen molar-refractivity contribution in [3.63, 3.8) is 0 Å². The van der Waals surface area contributed by atoms with Gasteiger partial charge in [-0.2, -0.15) is 0 Å². The van der Waals surface area contributed by atoms with Crippen LogP contribution in [0.25, 0.3) is 11.0 Å². The predicted molar refractivity (Wildman–Crippen MR) is 87.9 cm³/mol. The van der Waals surface area contributed by atoms with Gasteiger partial charge in [-0.1, -0.05) is 19.8 Å². The fraction of sp³-hybridized carbons (Fsp3) is 0.444. The second-order valence-corrected chi connectivity index (χ2v) is 6.19. The molecule has 2 aromatic rings. The van der Waals surface area contributed by atoms with Crippen LogP contribution in [0.4, 0.5) is 0 Å². The van der Waals surface area contributed by atoms with Crippen LogP contribution in [0.15, 0.2) is 33.5 Å². The summed E-state index contributed by atoms with van der Waals surface area (Å²) in [5.41, 5.74) is -0.120. The summed E-state index contributed by atoms with van der Waals surface area (Å²) in [6.07, 6.45) is 4.37. The van der Waals surface area contributed by atoms with E-state index >= 15 is 0 Å². The van der Waals surface area contributed by atoms with Crippen LogP contribution in [0, 0.1) is 5.92 Å². The van der Waals surface area contributed by atoms with Crippen molar-refractivity contribution in [1.82, 2.24) is 5.32 Å². The monoisotopic (exact) mass is 315 g/mol. The number of rotatable bonds is 3. The summed E-state index contributed by atoms with van der Waals surface area (Å²) in [4.78, 5) is 24.6. The van der Waals surface area contributed by atoms with Crippen LogP contribution in [-0.4, -0.2) is 19.1 Å². The molecule has 23 heavy (non-hydrogen) atoms. The van der Waals surface area contributed by atoms with Crippen LogP contribution in [0.2, 0.25) is 0 Å². The quantitative estimate of drug-likeness (QED) is 0.884. The van der Waals surface area contributed by atoms with Gasteiger partial charge >= 0.3 is 5.63 Å². The molecule has 5 heteroatoms. The van der Waals surface area contributed by atoms with E-state index in [1.165, 1.54) is 6.42 Å². The number of carbonyl (C=O) groups is 1. The zero-order valence-electron chi connectivity index (χ0n) is 13.4. The Morgan fingerprint density at radius 1 is 1.26 bits per heavy atom. The van der Waals surface area contributed by atoms with Crippen molar-refractivity contribution >= 4 is 16.9 Å². The molecular weight excluding hydrogens is 294 g/mol. The Morgan fingerprint density at radius 2 is 2.04 bits per heavy atom. The maximum Gasteiger partial charge on any atom is 0.349 e. The molecule has 0 radical (unpaired) electrons. The van der Waals surface area contributed by atoms with Gasteiger partial charge in [-0.05, 0) is 43.0 Å². The second kappa shape index (κ2) is 6.44. The Balaban J connectivity index is 1.90. The maximum atomic E-state index is 12.5. The molecule has 1 saturated carbocycles. The van der Waals surface area contributed by atoms with Gasteiger partial charge in [0.15, 0.2) is 0 Å². The van der Waals surface area contributed by atoms with E-state index in [0.29, 0.717) is 22.6 Å². The third kappa shape index (κ3) is 3.23. The first-order chi connectivity index (χ1) is 11.1. The first-order valence-corrected chi connectivity index (χ1v) is 8.01. The maximum absolute atomic E-state index is 12.5. The Labute approximate surface area is 134 Å². The van der Waals surface area contributed by atoms with E-state index in [-0.39, 0.29) is 17.5 Å². The highest BCUT2D eigenvalue weighted by Crippen LogP contribution is 2.24. The van der Waals surface area contributed by atoms with Gasteiger partial charge < -0.3 is 14.5 Å². The van der Waals surface area contributed by atoms with Gasteiger partial charge in [-0.3, -0.25) is 4.79 Å². The zero-order valence-corrected chi connectivity index (χ0v) is 13.4. The molecule has 3 rings (SSSR count). The molecule has 122 valence electrons. The molecule has 1 aliphatic rings. The van der Waals surface area contributed by atoms with Crippen LogP contribution >= 0.6 is 0 Å². The highest BCUT2D eigenvalue weighted by Gasteiger charge is 2.24. The van der Waals surface area contributed by atoms with Crippen LogP contribution < -0.4 is 15.7 Å². The fourth-order valence-electron chi connectivity index (χ4n) is 3.16. The number of methoxy groups -OCH3 is 1. The highest BCUT2D eigenvalue weighted by molar-refractivity contribution is 5.97. The molecule has 1 aliphatic carbocycles. The van der Waals surface area contributed by atoms with Gasteiger partial charge in [-0.15, -0.1) is 0 Å². The van der Waals surface area contributed by atoms with E-state index < -0.39 is 5.63 Å². The van der Waals surface area contributed by atoms with Crippen molar-refractivity contribution in [2.24, 2.45) is 5.92 Å². The van der Waals surface area contributed by atoms with Gasteiger partial charge in [0.1, 0.15) is 16.9 Å². The first-order valence-electron chi connectivity index (χ1n) is 8.01. The lowest BCUT2D eigenvalue weighted by Gasteiger charge is -2.29. The van der Waals surface area contributed by atoms with Crippen molar-refractivity contribution < 1.29 is 13.9 Å². The number of fused-ring (bicyclic) bond motifs is 1. The van der Waals surface area contributed by atoms with E-state index in [1.807, 2.05) is 0 Å². The topological polar surface area (TPSA) is 68.5 Å². The molecule has 1 aromatic carbocycles. The van der Waals surface area contributed by atoms with Gasteiger partial charge in [-0.25, -0.2) is 4.79 Å². The summed E-state index contributed by atoms with van der Waals surface area (Å²) in [7, 11) is 1.57. The summed E-state index contributed by atoms with van der Waals surface area (Å²) >= 11 is 0. The summed E-state index contributed by atoms with van der Waals surface area (Å²) in [6.45, 7) is 2.14. The molecule has 0 unspecified atom stereocenters. The van der Waals surface area contributed by atoms with E-state index in [2.05, 4.69) is 12.2 Å². The molecule has 2 atom stereocenters. The van der Waals surface area contributed by atoms with E-state index in [4.69, 9.17) is 9.15 Å². The van der Waals surface area contributed by atoms with Gasteiger partial charge in [0, 0.05) is 11.4 Å². The van der Waals surface area contributed by atoms with Crippen molar-refractivity contribution in [1.29, 1.82) is 0 Å².